The predicted molar refractivity (Wildman–Crippen MR) is 76.6 cm³/mol. The summed E-state index contributed by atoms with van der Waals surface area (Å²) in [7, 11) is 0. The van der Waals surface area contributed by atoms with Crippen LogP contribution in [0.25, 0.3) is 0 Å². The molecule has 2 aromatic rings. The van der Waals surface area contributed by atoms with Crippen molar-refractivity contribution in [1.29, 1.82) is 0 Å². The topological polar surface area (TPSA) is 82.5 Å². The van der Waals surface area contributed by atoms with Crippen LogP contribution in [0.3, 0.4) is 0 Å². The van der Waals surface area contributed by atoms with Gasteiger partial charge in [-0.1, -0.05) is 13.8 Å². The van der Waals surface area contributed by atoms with Crippen molar-refractivity contribution in [2.75, 3.05) is 6.54 Å². The van der Waals surface area contributed by atoms with Gasteiger partial charge in [-0.3, -0.25) is 0 Å². The average Bonchev–Trinajstić information content (AvgIpc) is 2.98. The van der Waals surface area contributed by atoms with E-state index in [0.717, 1.165) is 34.1 Å². The summed E-state index contributed by atoms with van der Waals surface area (Å²) in [6, 6.07) is 0. The lowest BCUT2D eigenvalue weighted by molar-refractivity contribution is 0.640. The number of hydrogen-bond acceptors (Lipinski definition) is 7. The van der Waals surface area contributed by atoms with Crippen molar-refractivity contribution >= 4 is 23.3 Å². The Bertz CT molecular complexity index is 533. The maximum atomic E-state index is 5.57. The molecule has 2 rings (SSSR count). The Hall–Kier alpha value is -0.990. The van der Waals surface area contributed by atoms with Crippen molar-refractivity contribution in [1.82, 2.24) is 24.1 Å². The largest absolute Gasteiger partial charge is 0.330 e. The second-order valence-electron chi connectivity index (χ2n) is 4.36. The summed E-state index contributed by atoms with van der Waals surface area (Å²) in [5.41, 5.74) is 5.57. The summed E-state index contributed by atoms with van der Waals surface area (Å²) in [5.74, 6) is 2.17. The zero-order chi connectivity index (χ0) is 13.8. The van der Waals surface area contributed by atoms with Crippen LogP contribution in [0.2, 0.25) is 0 Å². The molecule has 0 fully saturated rings. The second-order valence-corrected chi connectivity index (χ2v) is 6.32. The van der Waals surface area contributed by atoms with E-state index in [2.05, 4.69) is 44.9 Å². The number of aromatic nitrogens is 5. The number of nitrogens with two attached hydrogens (primary N) is 1. The van der Waals surface area contributed by atoms with E-state index >= 15 is 0 Å². The van der Waals surface area contributed by atoms with Crippen molar-refractivity contribution in [3.63, 3.8) is 0 Å². The molecule has 6 nitrogen and oxygen atoms in total. The van der Waals surface area contributed by atoms with E-state index in [1.54, 1.807) is 0 Å². The van der Waals surface area contributed by atoms with E-state index in [0.29, 0.717) is 12.5 Å². The van der Waals surface area contributed by atoms with Crippen LogP contribution in [0.1, 0.15) is 38.3 Å². The van der Waals surface area contributed by atoms with Crippen LogP contribution in [-0.4, -0.2) is 30.7 Å². The fourth-order valence-corrected chi connectivity index (χ4v) is 3.36. The summed E-state index contributed by atoms with van der Waals surface area (Å²) in [4.78, 5) is 4.50. The molecule has 2 heterocycles. The van der Waals surface area contributed by atoms with Gasteiger partial charge in [0.05, 0.1) is 0 Å². The molecule has 0 atom stereocenters. The molecule has 0 radical (unpaired) electrons. The number of nitrogens with zero attached hydrogens (tertiary/aromatic N) is 5. The highest BCUT2D eigenvalue weighted by molar-refractivity contribution is 8.00. The first-order valence-electron chi connectivity index (χ1n) is 6.29. The summed E-state index contributed by atoms with van der Waals surface area (Å²) in [6.07, 6.45) is 0.745. The minimum absolute atomic E-state index is 0.349. The lowest BCUT2D eigenvalue weighted by atomic mass is 10.2. The van der Waals surface area contributed by atoms with Crippen molar-refractivity contribution in [2.24, 2.45) is 5.73 Å². The summed E-state index contributed by atoms with van der Waals surface area (Å²) in [6.45, 7) is 7.67. The number of rotatable bonds is 6. The molecule has 2 N–H and O–H groups in total. The van der Waals surface area contributed by atoms with Gasteiger partial charge in [-0.25, -0.2) is 4.98 Å². The van der Waals surface area contributed by atoms with E-state index in [4.69, 9.17) is 5.73 Å². The lowest BCUT2D eigenvalue weighted by Crippen LogP contribution is -2.09. The van der Waals surface area contributed by atoms with Gasteiger partial charge in [0.15, 0.2) is 9.50 Å². The zero-order valence-corrected chi connectivity index (χ0v) is 13.0. The Labute approximate surface area is 121 Å². The van der Waals surface area contributed by atoms with Gasteiger partial charge in [0.1, 0.15) is 11.6 Å². The van der Waals surface area contributed by atoms with E-state index in [1.807, 2.05) is 0 Å². The van der Waals surface area contributed by atoms with Gasteiger partial charge in [-0.2, -0.15) is 4.37 Å². The predicted octanol–water partition coefficient (Wildman–Crippen LogP) is 1.93. The van der Waals surface area contributed by atoms with Crippen molar-refractivity contribution < 1.29 is 0 Å². The molecule has 0 unspecified atom stereocenters. The fourth-order valence-electron chi connectivity index (χ4n) is 1.60. The highest BCUT2D eigenvalue weighted by Crippen LogP contribution is 2.29. The van der Waals surface area contributed by atoms with Crippen LogP contribution in [0.15, 0.2) is 9.50 Å². The fraction of sp³-hybridized carbons (Fsp3) is 0.636. The number of hydrogen-bond donors (Lipinski definition) is 1. The molecule has 19 heavy (non-hydrogen) atoms. The monoisotopic (exact) mass is 298 g/mol. The van der Waals surface area contributed by atoms with Crippen LogP contribution in [0.4, 0.5) is 0 Å². The first-order chi connectivity index (χ1) is 9.15. The Kier molecular flexibility index (Phi) is 4.89. The minimum atomic E-state index is 0.349. The van der Waals surface area contributed by atoms with Crippen molar-refractivity contribution in [2.45, 2.75) is 49.2 Å². The molecule has 0 bridgehead atoms. The van der Waals surface area contributed by atoms with Crippen LogP contribution in [0.5, 0.6) is 0 Å². The van der Waals surface area contributed by atoms with Gasteiger partial charge in [0, 0.05) is 18.9 Å². The zero-order valence-electron chi connectivity index (χ0n) is 11.3. The van der Waals surface area contributed by atoms with Gasteiger partial charge < -0.3 is 10.3 Å². The molecule has 0 saturated carbocycles. The molecular weight excluding hydrogens is 280 g/mol. The van der Waals surface area contributed by atoms with Crippen LogP contribution in [-0.2, 0) is 13.0 Å². The molecule has 104 valence electrons. The van der Waals surface area contributed by atoms with Crippen LogP contribution >= 0.6 is 23.3 Å². The molecular formula is C11H18N6S2. The Morgan fingerprint density at radius 3 is 2.74 bits per heavy atom. The third kappa shape index (κ3) is 3.31. The summed E-state index contributed by atoms with van der Waals surface area (Å²) < 4.78 is 7.33. The van der Waals surface area contributed by atoms with Gasteiger partial charge in [-0.15, -0.1) is 10.2 Å². The van der Waals surface area contributed by atoms with Gasteiger partial charge >= 0.3 is 0 Å². The Morgan fingerprint density at radius 1 is 1.37 bits per heavy atom. The third-order valence-electron chi connectivity index (χ3n) is 2.60. The first-order valence-corrected chi connectivity index (χ1v) is 7.88. The molecule has 0 aliphatic carbocycles. The average molecular weight is 298 g/mol. The standard InChI is InChI=1S/C11H18N6S2/c1-4-17-8(5-6-12)14-15-10(17)18-11-13-9(7(2)3)16-19-11/h7H,4-6,12H2,1-3H3. The van der Waals surface area contributed by atoms with Gasteiger partial charge in [0.2, 0.25) is 0 Å². The molecule has 0 aromatic carbocycles. The van der Waals surface area contributed by atoms with Crippen molar-refractivity contribution in [3.8, 4) is 0 Å². The summed E-state index contributed by atoms with van der Waals surface area (Å²) >= 11 is 2.93. The smallest absolute Gasteiger partial charge is 0.198 e. The molecule has 0 saturated heterocycles. The maximum Gasteiger partial charge on any atom is 0.198 e. The van der Waals surface area contributed by atoms with Crippen molar-refractivity contribution in [3.05, 3.63) is 11.6 Å². The summed E-state index contributed by atoms with van der Waals surface area (Å²) in [5, 5.41) is 9.26. The van der Waals surface area contributed by atoms with Crippen LogP contribution < -0.4 is 5.73 Å². The Balaban J connectivity index is 2.17. The maximum absolute atomic E-state index is 5.57. The van der Waals surface area contributed by atoms with Crippen LogP contribution in [0, 0.1) is 0 Å². The normalized spacial score (nSPS) is 11.4. The first kappa shape index (κ1) is 14.4. The minimum Gasteiger partial charge on any atom is -0.330 e. The molecule has 2 aromatic heterocycles. The lowest BCUT2D eigenvalue weighted by Gasteiger charge is -2.04. The molecule has 0 aliphatic heterocycles. The quantitative estimate of drug-likeness (QED) is 0.877. The van der Waals surface area contributed by atoms with E-state index in [9.17, 15) is 0 Å². The van der Waals surface area contributed by atoms with Gasteiger partial charge in [-0.05, 0) is 36.8 Å². The molecule has 8 heteroatoms. The van der Waals surface area contributed by atoms with Gasteiger partial charge in [0.25, 0.3) is 0 Å². The highest BCUT2D eigenvalue weighted by atomic mass is 32.2. The molecule has 0 aliphatic rings. The second kappa shape index (κ2) is 6.44. The SMILES string of the molecule is CCn1c(CCN)nnc1Sc1nc(C(C)C)ns1. The third-order valence-corrected chi connectivity index (χ3v) is 4.35. The van der Waals surface area contributed by atoms with E-state index in [-0.39, 0.29) is 0 Å². The Morgan fingerprint density at radius 2 is 2.16 bits per heavy atom. The molecule has 0 spiro atoms. The van der Waals surface area contributed by atoms with E-state index < -0.39 is 0 Å². The van der Waals surface area contributed by atoms with E-state index in [1.165, 1.54) is 23.3 Å². The molecule has 0 amide bonds. The highest BCUT2D eigenvalue weighted by Gasteiger charge is 2.15.